The van der Waals surface area contributed by atoms with Gasteiger partial charge in [0.15, 0.2) is 0 Å². The summed E-state index contributed by atoms with van der Waals surface area (Å²) < 4.78 is 63.7. The standard InChI is InChI=1S/C11H11ClF3NO4S/c1-2-20-9-4-3-7(21(12,18)19)5-8(9)10(17)16-6-11(13,14)15/h3-5H,2,6H2,1H3,(H,16,17). The molecule has 0 unspecified atom stereocenters. The molecule has 1 N–H and O–H groups in total. The first-order chi connectivity index (χ1) is 9.54. The predicted molar refractivity (Wildman–Crippen MR) is 69.0 cm³/mol. The molecule has 0 aliphatic heterocycles. The van der Waals surface area contributed by atoms with E-state index in [9.17, 15) is 26.4 Å². The first kappa shape index (κ1) is 17.6. The molecule has 1 rings (SSSR count). The highest BCUT2D eigenvalue weighted by Gasteiger charge is 2.29. The van der Waals surface area contributed by atoms with Crippen LogP contribution in [0.5, 0.6) is 5.75 Å². The maximum atomic E-state index is 12.1. The molecule has 0 fully saturated rings. The Balaban J connectivity index is 3.14. The lowest BCUT2D eigenvalue weighted by molar-refractivity contribution is -0.123. The fourth-order valence-electron chi connectivity index (χ4n) is 1.40. The number of halogens is 4. The highest BCUT2D eigenvalue weighted by atomic mass is 35.7. The molecule has 0 aliphatic rings. The van der Waals surface area contributed by atoms with Gasteiger partial charge in [-0.2, -0.15) is 13.2 Å². The summed E-state index contributed by atoms with van der Waals surface area (Å²) >= 11 is 0. The van der Waals surface area contributed by atoms with E-state index in [4.69, 9.17) is 15.4 Å². The number of rotatable bonds is 5. The van der Waals surface area contributed by atoms with Crippen LogP contribution in [-0.4, -0.2) is 33.7 Å². The molecule has 10 heteroatoms. The second-order valence-electron chi connectivity index (χ2n) is 3.83. The van der Waals surface area contributed by atoms with Gasteiger partial charge in [-0.3, -0.25) is 4.79 Å². The third-order valence-corrected chi connectivity index (χ3v) is 3.58. The molecular formula is C11H11ClF3NO4S. The van der Waals surface area contributed by atoms with Gasteiger partial charge in [0.1, 0.15) is 12.3 Å². The molecule has 0 atom stereocenters. The molecule has 0 bridgehead atoms. The molecule has 1 aromatic rings. The van der Waals surface area contributed by atoms with Gasteiger partial charge >= 0.3 is 6.18 Å². The number of hydrogen-bond donors (Lipinski definition) is 1. The zero-order valence-corrected chi connectivity index (χ0v) is 12.3. The Labute approximate surface area is 123 Å². The number of alkyl halides is 3. The van der Waals surface area contributed by atoms with E-state index in [2.05, 4.69) is 0 Å². The summed E-state index contributed by atoms with van der Waals surface area (Å²) in [5.74, 6) is -1.15. The van der Waals surface area contributed by atoms with Crippen LogP contribution in [0.4, 0.5) is 13.2 Å². The minimum absolute atomic E-state index is 0.0405. The number of hydrogen-bond acceptors (Lipinski definition) is 4. The fraction of sp³-hybridized carbons (Fsp3) is 0.364. The van der Waals surface area contributed by atoms with E-state index in [0.717, 1.165) is 18.2 Å². The van der Waals surface area contributed by atoms with Crippen molar-refractivity contribution in [2.45, 2.75) is 18.0 Å². The Hall–Kier alpha value is -1.48. The number of carbonyl (C=O) groups is 1. The molecule has 0 radical (unpaired) electrons. The number of nitrogens with one attached hydrogen (secondary N) is 1. The minimum Gasteiger partial charge on any atom is -0.493 e. The summed E-state index contributed by atoms with van der Waals surface area (Å²) in [5.41, 5.74) is -0.345. The lowest BCUT2D eigenvalue weighted by Crippen LogP contribution is -2.34. The van der Waals surface area contributed by atoms with E-state index in [-0.39, 0.29) is 17.9 Å². The summed E-state index contributed by atoms with van der Waals surface area (Å²) in [6, 6.07) is 3.11. The first-order valence-corrected chi connectivity index (χ1v) is 7.92. The summed E-state index contributed by atoms with van der Waals surface area (Å²) in [7, 11) is 1.01. The SMILES string of the molecule is CCOc1ccc(S(=O)(=O)Cl)cc1C(=O)NCC(F)(F)F. The highest BCUT2D eigenvalue weighted by molar-refractivity contribution is 8.13. The summed E-state index contributed by atoms with van der Waals surface area (Å²) in [4.78, 5) is 11.3. The number of ether oxygens (including phenoxy) is 1. The smallest absolute Gasteiger partial charge is 0.405 e. The fourth-order valence-corrected chi connectivity index (χ4v) is 2.17. The largest absolute Gasteiger partial charge is 0.493 e. The van der Waals surface area contributed by atoms with E-state index in [1.165, 1.54) is 0 Å². The van der Waals surface area contributed by atoms with Crippen molar-refractivity contribution in [3.8, 4) is 5.75 Å². The molecule has 0 saturated heterocycles. The number of carbonyl (C=O) groups excluding carboxylic acids is 1. The second kappa shape index (κ2) is 6.52. The molecule has 0 saturated carbocycles. The lowest BCUT2D eigenvalue weighted by Gasteiger charge is -2.12. The molecule has 0 aromatic heterocycles. The van der Waals surface area contributed by atoms with Crippen LogP contribution >= 0.6 is 10.7 Å². The molecule has 21 heavy (non-hydrogen) atoms. The van der Waals surface area contributed by atoms with Gasteiger partial charge in [0.25, 0.3) is 15.0 Å². The van der Waals surface area contributed by atoms with Gasteiger partial charge in [0.05, 0.1) is 17.1 Å². The Morgan fingerprint density at radius 1 is 1.38 bits per heavy atom. The highest BCUT2D eigenvalue weighted by Crippen LogP contribution is 2.25. The van der Waals surface area contributed by atoms with Crippen LogP contribution in [0.1, 0.15) is 17.3 Å². The van der Waals surface area contributed by atoms with E-state index in [1.807, 2.05) is 0 Å². The van der Waals surface area contributed by atoms with Crippen LogP contribution in [0.3, 0.4) is 0 Å². The van der Waals surface area contributed by atoms with Gasteiger partial charge < -0.3 is 10.1 Å². The van der Waals surface area contributed by atoms with Crippen molar-refractivity contribution in [1.29, 1.82) is 0 Å². The monoisotopic (exact) mass is 345 g/mol. The maximum Gasteiger partial charge on any atom is 0.405 e. The summed E-state index contributed by atoms with van der Waals surface area (Å²) in [5, 5.41) is 1.63. The second-order valence-corrected chi connectivity index (χ2v) is 6.39. The molecule has 0 spiro atoms. The van der Waals surface area contributed by atoms with Crippen LogP contribution in [0.25, 0.3) is 0 Å². The average Bonchev–Trinajstić information content (AvgIpc) is 2.34. The van der Waals surface area contributed by atoms with Gasteiger partial charge in [-0.1, -0.05) is 0 Å². The molecule has 5 nitrogen and oxygen atoms in total. The Morgan fingerprint density at radius 2 is 2.00 bits per heavy atom. The van der Waals surface area contributed by atoms with Crippen molar-refractivity contribution < 1.29 is 31.1 Å². The Morgan fingerprint density at radius 3 is 2.48 bits per heavy atom. The Kier molecular flexibility index (Phi) is 5.46. The van der Waals surface area contributed by atoms with Crippen molar-refractivity contribution in [3.05, 3.63) is 23.8 Å². The topological polar surface area (TPSA) is 72.5 Å². The predicted octanol–water partition coefficient (Wildman–Crippen LogP) is 2.30. The molecule has 0 heterocycles. The normalized spacial score (nSPS) is 12.0. The van der Waals surface area contributed by atoms with Crippen molar-refractivity contribution in [3.63, 3.8) is 0 Å². The van der Waals surface area contributed by atoms with Crippen LogP contribution < -0.4 is 10.1 Å². The van der Waals surface area contributed by atoms with Crippen molar-refractivity contribution in [2.75, 3.05) is 13.2 Å². The van der Waals surface area contributed by atoms with E-state index >= 15 is 0 Å². The maximum absolute atomic E-state index is 12.1. The third kappa shape index (κ3) is 5.43. The Bertz CT molecular complexity index is 631. The molecule has 1 aromatic carbocycles. The van der Waals surface area contributed by atoms with Gasteiger partial charge in [-0.15, -0.1) is 0 Å². The van der Waals surface area contributed by atoms with Crippen molar-refractivity contribution in [1.82, 2.24) is 5.32 Å². The van der Waals surface area contributed by atoms with E-state index in [1.54, 1.807) is 12.2 Å². The van der Waals surface area contributed by atoms with Crippen LogP contribution in [0.15, 0.2) is 23.1 Å². The van der Waals surface area contributed by atoms with E-state index < -0.39 is 32.6 Å². The van der Waals surface area contributed by atoms with Gasteiger partial charge in [-0.25, -0.2) is 8.42 Å². The summed E-state index contributed by atoms with van der Waals surface area (Å²) in [6.07, 6.45) is -4.59. The third-order valence-electron chi connectivity index (χ3n) is 2.23. The average molecular weight is 346 g/mol. The quantitative estimate of drug-likeness (QED) is 0.831. The van der Waals surface area contributed by atoms with Crippen LogP contribution in [0.2, 0.25) is 0 Å². The van der Waals surface area contributed by atoms with Gasteiger partial charge in [-0.05, 0) is 25.1 Å². The molecular weight excluding hydrogens is 335 g/mol. The van der Waals surface area contributed by atoms with Crippen LogP contribution in [-0.2, 0) is 9.05 Å². The molecule has 118 valence electrons. The van der Waals surface area contributed by atoms with Gasteiger partial charge in [0, 0.05) is 10.7 Å². The minimum atomic E-state index is -4.59. The van der Waals surface area contributed by atoms with E-state index in [0.29, 0.717) is 0 Å². The number of amides is 1. The number of benzene rings is 1. The summed E-state index contributed by atoms with van der Waals surface area (Å²) in [6.45, 7) is 0.200. The molecule has 1 amide bonds. The molecule has 0 aliphatic carbocycles. The zero-order chi connectivity index (χ0) is 16.3. The lowest BCUT2D eigenvalue weighted by atomic mass is 10.2. The first-order valence-electron chi connectivity index (χ1n) is 5.61. The van der Waals surface area contributed by atoms with Crippen molar-refractivity contribution >= 4 is 25.6 Å². The van der Waals surface area contributed by atoms with Crippen LogP contribution in [0, 0.1) is 0 Å². The zero-order valence-electron chi connectivity index (χ0n) is 10.7. The van der Waals surface area contributed by atoms with Gasteiger partial charge in [0.2, 0.25) is 0 Å². The van der Waals surface area contributed by atoms with Crippen molar-refractivity contribution in [2.24, 2.45) is 0 Å².